The normalized spacial score (nSPS) is 11.2. The van der Waals surface area contributed by atoms with Gasteiger partial charge in [-0.3, -0.25) is 9.78 Å². The van der Waals surface area contributed by atoms with E-state index < -0.39 is 0 Å². The highest BCUT2D eigenvalue weighted by atomic mass is 16.5. The average molecular weight is 355 g/mol. The first kappa shape index (κ1) is 18.1. The summed E-state index contributed by atoms with van der Waals surface area (Å²) in [5.41, 5.74) is 4.44. The maximum Gasteiger partial charge on any atom is 0.278 e. The lowest BCUT2D eigenvalue weighted by Gasteiger charge is -2.08. The van der Waals surface area contributed by atoms with Crippen molar-refractivity contribution in [3.8, 4) is 0 Å². The zero-order chi connectivity index (χ0) is 18.5. The number of H-pyrrole nitrogens is 1. The van der Waals surface area contributed by atoms with Crippen LogP contribution in [0, 0.1) is 13.8 Å². The van der Waals surface area contributed by atoms with E-state index >= 15 is 0 Å². The molecule has 0 unspecified atom stereocenters. The van der Waals surface area contributed by atoms with Crippen molar-refractivity contribution >= 4 is 17.1 Å². The molecule has 0 saturated heterocycles. The molecule has 0 fully saturated rings. The SMILES string of the molecule is COCCCCn1cnc2nc(NCc3ccc(C)c(C)c3)[nH]c(=O)c21. The maximum atomic E-state index is 12.5. The van der Waals surface area contributed by atoms with Crippen LogP contribution in [0.4, 0.5) is 5.95 Å². The molecule has 3 rings (SSSR count). The van der Waals surface area contributed by atoms with Crippen LogP contribution in [0.2, 0.25) is 0 Å². The molecule has 0 saturated carbocycles. The predicted octanol–water partition coefficient (Wildman–Crippen LogP) is 2.78. The molecule has 26 heavy (non-hydrogen) atoms. The fraction of sp³-hybridized carbons (Fsp3) is 0.421. The molecule has 0 spiro atoms. The van der Waals surface area contributed by atoms with Crippen LogP contribution in [0.1, 0.15) is 29.5 Å². The number of anilines is 1. The van der Waals surface area contributed by atoms with Crippen molar-refractivity contribution in [1.29, 1.82) is 0 Å². The largest absolute Gasteiger partial charge is 0.385 e. The van der Waals surface area contributed by atoms with Gasteiger partial charge in [0.2, 0.25) is 5.95 Å². The minimum Gasteiger partial charge on any atom is -0.385 e. The molecule has 7 nitrogen and oxygen atoms in total. The van der Waals surface area contributed by atoms with Crippen LogP contribution < -0.4 is 10.9 Å². The van der Waals surface area contributed by atoms with Gasteiger partial charge in [0, 0.05) is 26.8 Å². The van der Waals surface area contributed by atoms with Gasteiger partial charge in [-0.1, -0.05) is 18.2 Å². The van der Waals surface area contributed by atoms with Crippen molar-refractivity contribution in [1.82, 2.24) is 19.5 Å². The van der Waals surface area contributed by atoms with Crippen molar-refractivity contribution < 1.29 is 4.74 Å². The van der Waals surface area contributed by atoms with E-state index in [9.17, 15) is 4.79 Å². The third kappa shape index (κ3) is 4.11. The number of aromatic amines is 1. The minimum atomic E-state index is -0.179. The Kier molecular flexibility index (Phi) is 5.68. The predicted molar refractivity (Wildman–Crippen MR) is 103 cm³/mol. The maximum absolute atomic E-state index is 12.5. The van der Waals surface area contributed by atoms with E-state index in [1.54, 1.807) is 13.4 Å². The van der Waals surface area contributed by atoms with Gasteiger partial charge >= 0.3 is 0 Å². The smallest absolute Gasteiger partial charge is 0.278 e. The fourth-order valence-corrected chi connectivity index (χ4v) is 2.87. The second-order valence-corrected chi connectivity index (χ2v) is 6.50. The molecule has 138 valence electrons. The van der Waals surface area contributed by atoms with Crippen molar-refractivity contribution in [2.24, 2.45) is 0 Å². The summed E-state index contributed by atoms with van der Waals surface area (Å²) in [7, 11) is 1.69. The lowest BCUT2D eigenvalue weighted by Crippen LogP contribution is -2.16. The number of benzene rings is 1. The summed E-state index contributed by atoms with van der Waals surface area (Å²) in [5.74, 6) is 0.436. The molecule has 2 aromatic heterocycles. The molecule has 0 aliphatic rings. The topological polar surface area (TPSA) is 84.8 Å². The molecule has 0 aliphatic carbocycles. The number of methoxy groups -OCH3 is 1. The Bertz CT molecular complexity index is 945. The van der Waals surface area contributed by atoms with Crippen LogP contribution in [0.25, 0.3) is 11.2 Å². The lowest BCUT2D eigenvalue weighted by molar-refractivity contribution is 0.191. The van der Waals surface area contributed by atoms with Gasteiger partial charge in [-0.25, -0.2) is 4.98 Å². The molecule has 1 aromatic carbocycles. The Morgan fingerprint density at radius 2 is 2.08 bits per heavy atom. The molecule has 0 atom stereocenters. The van der Waals surface area contributed by atoms with Gasteiger partial charge in [0.05, 0.1) is 6.33 Å². The highest BCUT2D eigenvalue weighted by Gasteiger charge is 2.10. The Labute approximate surface area is 152 Å². The number of aryl methyl sites for hydroxylation is 3. The first-order valence-corrected chi connectivity index (χ1v) is 8.82. The van der Waals surface area contributed by atoms with Crippen molar-refractivity contribution in [3.63, 3.8) is 0 Å². The number of rotatable bonds is 8. The highest BCUT2D eigenvalue weighted by molar-refractivity contribution is 5.70. The van der Waals surface area contributed by atoms with E-state index in [1.807, 2.05) is 4.57 Å². The van der Waals surface area contributed by atoms with E-state index in [0.717, 1.165) is 24.9 Å². The monoisotopic (exact) mass is 355 g/mol. The zero-order valence-electron chi connectivity index (χ0n) is 15.5. The molecule has 0 amide bonds. The number of aromatic nitrogens is 4. The van der Waals surface area contributed by atoms with Crippen LogP contribution in [0.3, 0.4) is 0 Å². The van der Waals surface area contributed by atoms with E-state index in [0.29, 0.717) is 30.3 Å². The van der Waals surface area contributed by atoms with E-state index in [4.69, 9.17) is 4.74 Å². The van der Waals surface area contributed by atoms with Gasteiger partial charge in [-0.15, -0.1) is 0 Å². The van der Waals surface area contributed by atoms with Gasteiger partial charge < -0.3 is 14.6 Å². The standard InChI is InChI=1S/C19H25N5O2/c1-13-6-7-15(10-14(13)2)11-20-19-22-17-16(18(25)23-19)24(12-21-17)8-4-5-9-26-3/h6-7,10,12H,4-5,8-9,11H2,1-3H3,(H2,20,22,23,25). The average Bonchev–Trinajstić information content (AvgIpc) is 3.03. The molecule has 2 N–H and O–H groups in total. The van der Waals surface area contributed by atoms with E-state index in [1.165, 1.54) is 11.1 Å². The second kappa shape index (κ2) is 8.14. The summed E-state index contributed by atoms with van der Waals surface area (Å²) in [6, 6.07) is 6.30. The van der Waals surface area contributed by atoms with Crippen LogP contribution in [-0.2, 0) is 17.8 Å². The number of fused-ring (bicyclic) bond motifs is 1. The number of unbranched alkanes of at least 4 members (excludes halogenated alkanes) is 1. The number of imidazole rings is 1. The number of hydrogen-bond acceptors (Lipinski definition) is 5. The Balaban J connectivity index is 1.72. The summed E-state index contributed by atoms with van der Waals surface area (Å²) in [6.07, 6.45) is 3.54. The Morgan fingerprint density at radius 3 is 2.85 bits per heavy atom. The minimum absolute atomic E-state index is 0.179. The van der Waals surface area contributed by atoms with Crippen molar-refractivity contribution in [2.45, 2.75) is 39.8 Å². The summed E-state index contributed by atoms with van der Waals surface area (Å²) in [6.45, 7) is 6.20. The van der Waals surface area contributed by atoms with Crippen LogP contribution in [0.15, 0.2) is 29.3 Å². The molecular weight excluding hydrogens is 330 g/mol. The molecule has 2 heterocycles. The number of nitrogens with one attached hydrogen (secondary N) is 2. The first-order chi connectivity index (χ1) is 12.6. The molecule has 3 aromatic rings. The quantitative estimate of drug-likeness (QED) is 0.607. The Hall–Kier alpha value is -2.67. The van der Waals surface area contributed by atoms with Crippen molar-refractivity contribution in [3.05, 3.63) is 51.6 Å². The summed E-state index contributed by atoms with van der Waals surface area (Å²) in [5, 5.41) is 3.18. The molecule has 0 radical (unpaired) electrons. The zero-order valence-corrected chi connectivity index (χ0v) is 15.5. The fourth-order valence-electron chi connectivity index (χ4n) is 2.87. The van der Waals surface area contributed by atoms with Gasteiger partial charge in [0.15, 0.2) is 11.2 Å². The number of nitrogens with zero attached hydrogens (tertiary/aromatic N) is 3. The molecular formula is C19H25N5O2. The Morgan fingerprint density at radius 1 is 1.23 bits per heavy atom. The summed E-state index contributed by atoms with van der Waals surface area (Å²) < 4.78 is 6.90. The van der Waals surface area contributed by atoms with Crippen LogP contribution in [-0.4, -0.2) is 33.2 Å². The second-order valence-electron chi connectivity index (χ2n) is 6.50. The summed E-state index contributed by atoms with van der Waals surface area (Å²) in [4.78, 5) is 24.0. The van der Waals surface area contributed by atoms with Gasteiger partial charge in [0.25, 0.3) is 5.56 Å². The van der Waals surface area contributed by atoms with Gasteiger partial charge in [-0.05, 0) is 43.4 Å². The van der Waals surface area contributed by atoms with E-state index in [-0.39, 0.29) is 5.56 Å². The summed E-state index contributed by atoms with van der Waals surface area (Å²) >= 11 is 0. The molecule has 0 bridgehead atoms. The third-order valence-corrected chi connectivity index (χ3v) is 4.51. The van der Waals surface area contributed by atoms with Crippen LogP contribution in [0.5, 0.6) is 0 Å². The third-order valence-electron chi connectivity index (χ3n) is 4.51. The number of hydrogen-bond donors (Lipinski definition) is 2. The van der Waals surface area contributed by atoms with E-state index in [2.05, 4.69) is 52.3 Å². The number of ether oxygens (including phenoxy) is 1. The van der Waals surface area contributed by atoms with Crippen molar-refractivity contribution in [2.75, 3.05) is 19.0 Å². The first-order valence-electron chi connectivity index (χ1n) is 8.82. The van der Waals surface area contributed by atoms with Gasteiger partial charge in [0.1, 0.15) is 0 Å². The molecule has 0 aliphatic heterocycles. The lowest BCUT2D eigenvalue weighted by atomic mass is 10.1. The van der Waals surface area contributed by atoms with Gasteiger partial charge in [-0.2, -0.15) is 4.98 Å². The molecule has 7 heteroatoms. The van der Waals surface area contributed by atoms with Crippen LogP contribution >= 0.6 is 0 Å². The highest BCUT2D eigenvalue weighted by Crippen LogP contribution is 2.12.